The van der Waals surface area contributed by atoms with Gasteiger partial charge in [-0.05, 0) is 113 Å². The maximum absolute atomic E-state index is 14.0. The van der Waals surface area contributed by atoms with E-state index in [2.05, 4.69) is 0 Å². The minimum atomic E-state index is -4.68. The normalized spacial score (nSPS) is 14.1. The molecule has 0 unspecified atom stereocenters. The van der Waals surface area contributed by atoms with Crippen molar-refractivity contribution in [1.82, 2.24) is 9.80 Å². The molecule has 0 saturated carbocycles. The average Bonchev–Trinajstić information content (AvgIpc) is 3.14. The topological polar surface area (TPSA) is 127 Å². The summed E-state index contributed by atoms with van der Waals surface area (Å²) in [5, 5.41) is 2.09. The highest BCUT2D eigenvalue weighted by Gasteiger charge is 2.37. The number of carbonyl (C=O) groups excluding carboxylic acids is 4. The highest BCUT2D eigenvalue weighted by atomic mass is 19.4. The van der Waals surface area contributed by atoms with Crippen molar-refractivity contribution in [3.05, 3.63) is 130 Å². The number of nitrogens with two attached hydrogens (primary N) is 2. The van der Waals surface area contributed by atoms with E-state index in [1.54, 1.807) is 30.3 Å². The molecule has 2 heterocycles. The zero-order valence-corrected chi connectivity index (χ0v) is 29.1. The molecular weight excluding hydrogens is 693 g/mol. The van der Waals surface area contributed by atoms with Gasteiger partial charge in [0.25, 0.3) is 23.6 Å². The number of imide groups is 2. The van der Waals surface area contributed by atoms with Gasteiger partial charge in [-0.1, -0.05) is 48.5 Å². The van der Waals surface area contributed by atoms with Crippen LogP contribution in [0.1, 0.15) is 71.8 Å². The summed E-state index contributed by atoms with van der Waals surface area (Å²) in [5.74, 6) is -1.83. The first-order chi connectivity index (χ1) is 25.8. The second-order valence-corrected chi connectivity index (χ2v) is 13.7. The maximum Gasteiger partial charge on any atom is 0.417 e. The van der Waals surface area contributed by atoms with Crippen LogP contribution in [0, 0.1) is 6.92 Å². The second-order valence-electron chi connectivity index (χ2n) is 13.7. The largest absolute Gasteiger partial charge is 0.417 e. The lowest BCUT2D eigenvalue weighted by Gasteiger charge is -2.29. The van der Waals surface area contributed by atoms with Crippen LogP contribution in [0.2, 0.25) is 0 Å². The third-order valence-corrected chi connectivity index (χ3v) is 10.4. The van der Waals surface area contributed by atoms with Gasteiger partial charge in [-0.2, -0.15) is 13.2 Å². The fourth-order valence-corrected chi connectivity index (χ4v) is 7.91. The van der Waals surface area contributed by atoms with Crippen LogP contribution < -0.4 is 11.5 Å². The summed E-state index contributed by atoms with van der Waals surface area (Å²) in [6.45, 7) is 2.21. The molecule has 0 spiro atoms. The number of alkyl halides is 3. The highest BCUT2D eigenvalue weighted by molar-refractivity contribution is 6.28. The molecule has 2 aliphatic heterocycles. The molecule has 0 aliphatic carbocycles. The highest BCUT2D eigenvalue weighted by Crippen LogP contribution is 2.43. The fraction of sp³-hybridized carbons (Fsp3) is 0.163. The van der Waals surface area contributed by atoms with Gasteiger partial charge in [0.1, 0.15) is 0 Å². The molecule has 0 fully saturated rings. The molecule has 4 amide bonds. The van der Waals surface area contributed by atoms with Gasteiger partial charge in [-0.25, -0.2) is 0 Å². The first-order valence-corrected chi connectivity index (χ1v) is 17.5. The Hall–Kier alpha value is -6.49. The zero-order valence-electron chi connectivity index (χ0n) is 29.1. The van der Waals surface area contributed by atoms with Gasteiger partial charge in [-0.15, -0.1) is 0 Å². The Kier molecular flexibility index (Phi) is 8.24. The SMILES string of the molecule is Cc1cc(N)ccc1-c1ccc2c3c(cccc13)C(=O)N(CCCCCN1C(=O)c3cccc4c(-c5ccc(N)cc5C(F)(F)F)ccc(c34)C1=O)C2=O. The minimum Gasteiger partial charge on any atom is -0.399 e. The smallest absolute Gasteiger partial charge is 0.399 e. The summed E-state index contributed by atoms with van der Waals surface area (Å²) in [5.41, 5.74) is 15.7. The van der Waals surface area contributed by atoms with Crippen LogP contribution in [0.5, 0.6) is 0 Å². The lowest BCUT2D eigenvalue weighted by atomic mass is 9.87. The minimum absolute atomic E-state index is 0.0357. The summed E-state index contributed by atoms with van der Waals surface area (Å²) in [4.78, 5) is 57.2. The average molecular weight is 727 g/mol. The number of benzene rings is 6. The van der Waals surface area contributed by atoms with E-state index < -0.39 is 23.6 Å². The lowest BCUT2D eigenvalue weighted by Crippen LogP contribution is -2.41. The Morgan fingerprint density at radius 1 is 0.500 bits per heavy atom. The maximum atomic E-state index is 14.0. The van der Waals surface area contributed by atoms with Crippen LogP contribution in [0.4, 0.5) is 24.5 Å². The van der Waals surface area contributed by atoms with Crippen LogP contribution in [0.25, 0.3) is 43.8 Å². The molecule has 4 N–H and O–H groups in total. The monoisotopic (exact) mass is 726 g/mol. The second kappa shape index (κ2) is 12.9. The quantitative estimate of drug-likeness (QED) is 0.0917. The number of aryl methyl sites for hydroxylation is 1. The van der Waals surface area contributed by atoms with Gasteiger partial charge in [0.15, 0.2) is 0 Å². The van der Waals surface area contributed by atoms with Crippen molar-refractivity contribution in [3.63, 3.8) is 0 Å². The van der Waals surface area contributed by atoms with Crippen molar-refractivity contribution < 1.29 is 32.3 Å². The van der Waals surface area contributed by atoms with E-state index in [0.717, 1.165) is 33.0 Å². The Balaban J connectivity index is 0.973. The van der Waals surface area contributed by atoms with E-state index in [-0.39, 0.29) is 52.8 Å². The predicted octanol–water partition coefficient (Wildman–Crippen LogP) is 8.88. The van der Waals surface area contributed by atoms with Crippen LogP contribution in [-0.2, 0) is 6.18 Å². The van der Waals surface area contributed by atoms with E-state index in [1.165, 1.54) is 29.2 Å². The number of halogens is 3. The molecule has 11 heteroatoms. The number of nitrogen functional groups attached to an aromatic ring is 2. The van der Waals surface area contributed by atoms with Crippen molar-refractivity contribution in [2.45, 2.75) is 32.4 Å². The molecule has 8 nitrogen and oxygen atoms in total. The van der Waals surface area contributed by atoms with E-state index in [1.807, 2.05) is 43.3 Å². The van der Waals surface area contributed by atoms with E-state index in [4.69, 9.17) is 11.5 Å². The van der Waals surface area contributed by atoms with Gasteiger partial charge in [0.2, 0.25) is 0 Å². The molecule has 270 valence electrons. The molecule has 0 aromatic heterocycles. The summed E-state index contributed by atoms with van der Waals surface area (Å²) in [6, 6.07) is 26.0. The number of rotatable bonds is 8. The van der Waals surface area contributed by atoms with Gasteiger partial charge < -0.3 is 11.5 Å². The molecule has 2 aliphatic rings. The number of hydrogen-bond donors (Lipinski definition) is 2. The Morgan fingerprint density at radius 2 is 0.907 bits per heavy atom. The molecule has 0 bridgehead atoms. The summed E-state index contributed by atoms with van der Waals surface area (Å²) in [6.07, 6.45) is -3.32. The number of anilines is 2. The third-order valence-electron chi connectivity index (χ3n) is 10.4. The molecule has 0 atom stereocenters. The third kappa shape index (κ3) is 5.55. The van der Waals surface area contributed by atoms with Crippen molar-refractivity contribution in [2.24, 2.45) is 0 Å². The van der Waals surface area contributed by atoms with Crippen LogP contribution in [-0.4, -0.2) is 46.5 Å². The lowest BCUT2D eigenvalue weighted by molar-refractivity contribution is -0.137. The van der Waals surface area contributed by atoms with Crippen molar-refractivity contribution >= 4 is 56.5 Å². The number of amides is 4. The van der Waals surface area contributed by atoms with Crippen LogP contribution in [0.3, 0.4) is 0 Å². The number of unbranched alkanes of at least 4 members (excludes halogenated alkanes) is 2. The Bertz CT molecular complexity index is 2570. The molecule has 6 aromatic rings. The zero-order chi connectivity index (χ0) is 38.1. The fourth-order valence-electron chi connectivity index (χ4n) is 7.91. The summed E-state index contributed by atoms with van der Waals surface area (Å²) < 4.78 is 42.1. The Labute approximate surface area is 307 Å². The van der Waals surface area contributed by atoms with Crippen molar-refractivity contribution in [3.8, 4) is 22.3 Å². The number of nitrogens with zero attached hydrogens (tertiary/aromatic N) is 2. The van der Waals surface area contributed by atoms with E-state index >= 15 is 0 Å². The van der Waals surface area contributed by atoms with Gasteiger partial charge in [0, 0.05) is 57.5 Å². The van der Waals surface area contributed by atoms with E-state index in [0.29, 0.717) is 52.2 Å². The summed E-state index contributed by atoms with van der Waals surface area (Å²) >= 11 is 0. The van der Waals surface area contributed by atoms with Gasteiger partial charge >= 0.3 is 6.18 Å². The Morgan fingerprint density at radius 3 is 1.39 bits per heavy atom. The first-order valence-electron chi connectivity index (χ1n) is 17.5. The molecule has 8 rings (SSSR count). The van der Waals surface area contributed by atoms with Gasteiger partial charge in [0.05, 0.1) is 5.56 Å². The number of hydrogen-bond acceptors (Lipinski definition) is 6. The molecule has 0 saturated heterocycles. The van der Waals surface area contributed by atoms with Crippen LogP contribution >= 0.6 is 0 Å². The van der Waals surface area contributed by atoms with Gasteiger partial charge in [-0.3, -0.25) is 29.0 Å². The molecule has 6 aromatic carbocycles. The van der Waals surface area contributed by atoms with Crippen LogP contribution in [0.15, 0.2) is 97.1 Å². The molecular formula is C43H33F3N4O4. The number of carbonyl (C=O) groups is 4. The molecule has 0 radical (unpaired) electrons. The standard InChI is InChI=1S/C43H33F3N4O4/c1-23-21-24(47)11-13-26(23)27-15-17-34-37-30(27)7-5-9-32(37)39(51)49(41(34)53)19-3-2-4-20-50-40(52)33-10-6-8-31-28(16-18-35(38(31)33)42(50)54)29-14-12-25(48)22-36(29)43(44,45)46/h5-18,21-22H,2-4,19-20,47-48H2,1H3. The van der Waals surface area contributed by atoms with Crippen molar-refractivity contribution in [1.29, 1.82) is 0 Å². The van der Waals surface area contributed by atoms with E-state index in [9.17, 15) is 32.3 Å². The first kappa shape index (κ1) is 34.6. The summed E-state index contributed by atoms with van der Waals surface area (Å²) in [7, 11) is 0. The molecule has 54 heavy (non-hydrogen) atoms. The predicted molar refractivity (Wildman–Crippen MR) is 202 cm³/mol. The van der Waals surface area contributed by atoms with Crippen molar-refractivity contribution in [2.75, 3.05) is 24.6 Å².